The van der Waals surface area contributed by atoms with Gasteiger partial charge in [-0.05, 0) is 48.9 Å². The Hall–Kier alpha value is -3.86. The van der Waals surface area contributed by atoms with E-state index in [-0.39, 0.29) is 12.0 Å². The molecule has 0 aliphatic heterocycles. The van der Waals surface area contributed by atoms with Crippen LogP contribution in [0.25, 0.3) is 0 Å². The molecule has 0 atom stereocenters. The molecular weight excluding hydrogens is 318 g/mol. The lowest BCUT2D eigenvalue weighted by atomic mass is 10.1. The second kappa shape index (κ2) is 8.12. The van der Waals surface area contributed by atoms with E-state index < -0.39 is 0 Å². The van der Waals surface area contributed by atoms with Gasteiger partial charge in [0, 0.05) is 11.4 Å². The highest BCUT2D eigenvalue weighted by atomic mass is 16.2. The van der Waals surface area contributed by atoms with E-state index in [1.54, 1.807) is 55.5 Å². The van der Waals surface area contributed by atoms with Crippen LogP contribution in [0, 0.1) is 16.7 Å². The summed E-state index contributed by atoms with van der Waals surface area (Å²) in [5, 5.41) is 25.2. The maximum atomic E-state index is 12.0. The Morgan fingerprint density at radius 3 is 2.08 bits per heavy atom. The number of carbonyl (C=O) groups excluding carboxylic acids is 1. The Morgan fingerprint density at radius 2 is 1.60 bits per heavy atom. The number of nitriles is 1. The third kappa shape index (κ3) is 5.37. The van der Waals surface area contributed by atoms with Crippen molar-refractivity contribution in [3.8, 4) is 6.07 Å². The molecule has 8 heteroatoms. The normalized spacial score (nSPS) is 10.5. The van der Waals surface area contributed by atoms with Crippen LogP contribution in [0.1, 0.15) is 18.1 Å². The van der Waals surface area contributed by atoms with Gasteiger partial charge in [-0.25, -0.2) is 10.2 Å². The number of carbonyl (C=O) groups is 1. The van der Waals surface area contributed by atoms with Crippen LogP contribution in [-0.4, -0.2) is 17.7 Å². The summed E-state index contributed by atoms with van der Waals surface area (Å²) in [4.78, 5) is 12.0. The number of hydrogen-bond acceptors (Lipinski definition) is 4. The molecule has 25 heavy (non-hydrogen) atoms. The van der Waals surface area contributed by atoms with Crippen LogP contribution in [-0.2, 0) is 0 Å². The molecule has 0 saturated carbocycles. The molecule has 0 aromatic heterocycles. The van der Waals surface area contributed by atoms with Gasteiger partial charge in [-0.15, -0.1) is 0 Å². The van der Waals surface area contributed by atoms with E-state index in [4.69, 9.17) is 16.4 Å². The number of guanidine groups is 1. The largest absolute Gasteiger partial charge is 0.369 e. The zero-order valence-electron chi connectivity index (χ0n) is 13.5. The molecule has 0 unspecified atom stereocenters. The Kier molecular flexibility index (Phi) is 5.68. The van der Waals surface area contributed by atoms with Crippen LogP contribution in [0.15, 0.2) is 53.6 Å². The summed E-state index contributed by atoms with van der Waals surface area (Å²) in [6.45, 7) is 1.77. The van der Waals surface area contributed by atoms with Gasteiger partial charge in [-0.2, -0.15) is 10.4 Å². The summed E-state index contributed by atoms with van der Waals surface area (Å²) in [6.07, 6.45) is 0. The van der Waals surface area contributed by atoms with Gasteiger partial charge in [-0.1, -0.05) is 12.1 Å². The Balaban J connectivity index is 1.95. The maximum absolute atomic E-state index is 12.0. The molecule has 6 N–H and O–H groups in total. The number of nitrogens with one attached hydrogen (secondary N) is 4. The van der Waals surface area contributed by atoms with Gasteiger partial charge in [0.15, 0.2) is 0 Å². The van der Waals surface area contributed by atoms with Gasteiger partial charge >= 0.3 is 6.03 Å². The van der Waals surface area contributed by atoms with Crippen LogP contribution in [0.5, 0.6) is 0 Å². The van der Waals surface area contributed by atoms with Crippen molar-refractivity contribution in [3.63, 3.8) is 0 Å². The smallest absolute Gasteiger partial charge is 0.323 e. The van der Waals surface area contributed by atoms with Gasteiger partial charge in [0.2, 0.25) is 5.96 Å². The summed E-state index contributed by atoms with van der Waals surface area (Å²) in [5.74, 6) is -0.239. The minimum absolute atomic E-state index is 0.239. The zero-order chi connectivity index (χ0) is 18.2. The first-order chi connectivity index (χ1) is 12.0. The van der Waals surface area contributed by atoms with Crippen molar-refractivity contribution in [3.05, 3.63) is 59.7 Å². The molecule has 126 valence electrons. The lowest BCUT2D eigenvalue weighted by molar-refractivity contribution is 0.262. The predicted molar refractivity (Wildman–Crippen MR) is 97.5 cm³/mol. The molecule has 2 rings (SSSR count). The van der Waals surface area contributed by atoms with E-state index >= 15 is 0 Å². The first kappa shape index (κ1) is 17.5. The highest BCUT2D eigenvalue weighted by Gasteiger charge is 2.04. The van der Waals surface area contributed by atoms with E-state index in [1.807, 2.05) is 6.07 Å². The lowest BCUT2D eigenvalue weighted by Crippen LogP contribution is -2.26. The lowest BCUT2D eigenvalue weighted by Gasteiger charge is -2.08. The van der Waals surface area contributed by atoms with E-state index in [9.17, 15) is 4.79 Å². The van der Waals surface area contributed by atoms with Crippen LogP contribution < -0.4 is 21.8 Å². The van der Waals surface area contributed by atoms with Gasteiger partial charge in [0.25, 0.3) is 0 Å². The first-order valence-electron chi connectivity index (χ1n) is 7.31. The van der Waals surface area contributed by atoms with Crippen LogP contribution in [0.2, 0.25) is 0 Å². The summed E-state index contributed by atoms with van der Waals surface area (Å²) >= 11 is 0. The van der Waals surface area contributed by atoms with Crippen molar-refractivity contribution in [1.82, 2.24) is 5.43 Å². The van der Waals surface area contributed by atoms with Crippen molar-refractivity contribution in [1.29, 1.82) is 10.7 Å². The molecule has 2 aromatic rings. The number of rotatable bonds is 4. The number of nitrogens with zero attached hydrogens (tertiary/aromatic N) is 2. The minimum atomic E-state index is -0.388. The zero-order valence-corrected chi connectivity index (χ0v) is 13.5. The van der Waals surface area contributed by atoms with E-state index in [2.05, 4.69) is 21.2 Å². The summed E-state index contributed by atoms with van der Waals surface area (Å²) in [6, 6.07) is 15.2. The maximum Gasteiger partial charge on any atom is 0.323 e. The standard InChI is InChI=1S/C17H17N7O/c1-11(23-24-16(19)20)13-4-8-15(9-5-13)22-17(25)21-14-6-2-12(10-18)3-7-14/h2-9H,1H3,(H4,19,20,24)(H2,21,22,25)/b23-11+. The van der Waals surface area contributed by atoms with Gasteiger partial charge < -0.3 is 16.4 Å². The minimum Gasteiger partial charge on any atom is -0.369 e. The third-order valence-corrected chi connectivity index (χ3v) is 3.18. The summed E-state index contributed by atoms with van der Waals surface area (Å²) < 4.78 is 0. The van der Waals surface area contributed by atoms with Gasteiger partial charge in [-0.3, -0.25) is 5.41 Å². The van der Waals surface area contributed by atoms with Gasteiger partial charge in [0.05, 0.1) is 17.3 Å². The molecule has 0 saturated heterocycles. The molecular formula is C17H17N7O. The Bertz CT molecular complexity index is 833. The summed E-state index contributed by atoms with van der Waals surface area (Å²) in [7, 11) is 0. The monoisotopic (exact) mass is 335 g/mol. The number of amides is 2. The summed E-state index contributed by atoms with van der Waals surface area (Å²) in [5.41, 5.74) is 10.8. The Morgan fingerprint density at radius 1 is 1.08 bits per heavy atom. The van der Waals surface area contributed by atoms with E-state index in [1.165, 1.54) is 0 Å². The molecule has 8 nitrogen and oxygen atoms in total. The fraction of sp³-hybridized carbons (Fsp3) is 0.0588. The molecule has 0 bridgehead atoms. The quantitative estimate of drug-likeness (QED) is 0.332. The predicted octanol–water partition coefficient (Wildman–Crippen LogP) is 2.41. The highest BCUT2D eigenvalue weighted by molar-refractivity contribution is 6.01. The van der Waals surface area contributed by atoms with E-state index in [0.717, 1.165) is 5.56 Å². The molecule has 0 radical (unpaired) electrons. The van der Waals surface area contributed by atoms with Crippen molar-refractivity contribution >= 4 is 29.1 Å². The average molecular weight is 335 g/mol. The number of anilines is 2. The number of urea groups is 1. The second-order valence-electron chi connectivity index (χ2n) is 5.07. The first-order valence-corrected chi connectivity index (χ1v) is 7.31. The second-order valence-corrected chi connectivity index (χ2v) is 5.07. The molecule has 0 aliphatic rings. The van der Waals surface area contributed by atoms with Crippen LogP contribution in [0.4, 0.5) is 16.2 Å². The molecule has 0 aliphatic carbocycles. The number of nitrogens with two attached hydrogens (primary N) is 1. The van der Waals surface area contributed by atoms with Crippen molar-refractivity contribution in [2.24, 2.45) is 10.8 Å². The van der Waals surface area contributed by atoms with Crippen molar-refractivity contribution in [2.45, 2.75) is 6.92 Å². The van der Waals surface area contributed by atoms with E-state index in [0.29, 0.717) is 22.6 Å². The molecule has 2 aromatic carbocycles. The number of benzene rings is 2. The Labute approximate surface area is 144 Å². The average Bonchev–Trinajstić information content (AvgIpc) is 2.61. The molecule has 0 spiro atoms. The fourth-order valence-corrected chi connectivity index (χ4v) is 1.92. The molecule has 2 amide bonds. The molecule has 0 fully saturated rings. The number of hydrogen-bond donors (Lipinski definition) is 5. The van der Waals surface area contributed by atoms with Crippen molar-refractivity contribution < 1.29 is 4.79 Å². The fourth-order valence-electron chi connectivity index (χ4n) is 1.92. The highest BCUT2D eigenvalue weighted by Crippen LogP contribution is 2.12. The van der Waals surface area contributed by atoms with Crippen LogP contribution in [0.3, 0.4) is 0 Å². The SMILES string of the molecule is C/C(=N\NC(=N)N)c1ccc(NC(=O)Nc2ccc(C#N)cc2)cc1. The van der Waals surface area contributed by atoms with Crippen molar-refractivity contribution in [2.75, 3.05) is 10.6 Å². The third-order valence-electron chi connectivity index (χ3n) is 3.18. The van der Waals surface area contributed by atoms with Gasteiger partial charge in [0.1, 0.15) is 0 Å². The number of hydrazone groups is 1. The van der Waals surface area contributed by atoms with Crippen LogP contribution >= 0.6 is 0 Å². The topological polar surface area (TPSA) is 139 Å². The molecule has 0 heterocycles.